The number of halogens is 1. The van der Waals surface area contributed by atoms with Crippen molar-refractivity contribution in [2.75, 3.05) is 19.5 Å². The highest BCUT2D eigenvalue weighted by Crippen LogP contribution is 2.53. The maximum absolute atomic E-state index is 15.3. The van der Waals surface area contributed by atoms with Crippen molar-refractivity contribution >= 4 is 11.6 Å². The van der Waals surface area contributed by atoms with Gasteiger partial charge in [0.15, 0.2) is 17.6 Å². The van der Waals surface area contributed by atoms with E-state index in [1.54, 1.807) is 31.0 Å². The smallest absolute Gasteiger partial charge is 0.226 e. The Labute approximate surface area is 201 Å². The first-order valence-electron chi connectivity index (χ1n) is 11.2. The van der Waals surface area contributed by atoms with Gasteiger partial charge < -0.3 is 19.5 Å². The summed E-state index contributed by atoms with van der Waals surface area (Å²) in [4.78, 5) is 4.41. The minimum atomic E-state index is -0.611. The van der Waals surface area contributed by atoms with E-state index in [2.05, 4.69) is 21.5 Å². The van der Waals surface area contributed by atoms with Crippen molar-refractivity contribution in [2.45, 2.75) is 19.1 Å². The lowest BCUT2D eigenvalue weighted by Crippen LogP contribution is -2.33. The van der Waals surface area contributed by atoms with Crippen LogP contribution in [0.2, 0.25) is 0 Å². The summed E-state index contributed by atoms with van der Waals surface area (Å²) in [7, 11) is 3.19. The lowest BCUT2D eigenvalue weighted by molar-refractivity contribution is 0.215. The molecule has 2 aliphatic heterocycles. The van der Waals surface area contributed by atoms with Crippen molar-refractivity contribution in [3.05, 3.63) is 101 Å². The number of rotatable bonds is 4. The number of para-hydroxylation sites is 1. The average molecular weight is 471 g/mol. The normalized spacial score (nSPS) is 18.1. The van der Waals surface area contributed by atoms with Crippen LogP contribution in [0.15, 0.2) is 72.6 Å². The van der Waals surface area contributed by atoms with Crippen LogP contribution in [0, 0.1) is 12.7 Å². The molecule has 0 unspecified atom stereocenters. The van der Waals surface area contributed by atoms with Crippen molar-refractivity contribution < 1.29 is 18.6 Å². The summed E-state index contributed by atoms with van der Waals surface area (Å²) >= 11 is 0. The maximum atomic E-state index is 15.3. The van der Waals surface area contributed by atoms with Crippen molar-refractivity contribution in [1.82, 2.24) is 14.8 Å². The molecule has 1 N–H and O–H groups in total. The van der Waals surface area contributed by atoms with Crippen LogP contribution in [0.4, 0.5) is 10.3 Å². The van der Waals surface area contributed by atoms with Gasteiger partial charge in [0.2, 0.25) is 5.95 Å². The number of hydrogen-bond donors (Lipinski definition) is 1. The molecule has 0 radical (unpaired) electrons. The monoisotopic (exact) mass is 470 g/mol. The third-order valence-electron chi connectivity index (χ3n) is 6.49. The van der Waals surface area contributed by atoms with E-state index >= 15 is 4.39 Å². The highest BCUT2D eigenvalue weighted by molar-refractivity contribution is 5.85. The number of nitrogens with zero attached hydrogens (tertiary/aromatic N) is 3. The zero-order valence-corrected chi connectivity index (χ0v) is 19.4. The number of ether oxygens (including phenoxy) is 3. The summed E-state index contributed by atoms with van der Waals surface area (Å²) in [6, 6.07) is 17.8. The fourth-order valence-electron chi connectivity index (χ4n) is 4.96. The van der Waals surface area contributed by atoms with Gasteiger partial charge in [-0.05, 0) is 31.2 Å². The molecule has 0 fully saturated rings. The molecule has 0 spiro atoms. The Balaban J connectivity index is 1.67. The van der Waals surface area contributed by atoms with Gasteiger partial charge in [-0.25, -0.2) is 9.07 Å². The van der Waals surface area contributed by atoms with Crippen LogP contribution in [0.1, 0.15) is 34.4 Å². The highest BCUT2D eigenvalue weighted by atomic mass is 19.1. The summed E-state index contributed by atoms with van der Waals surface area (Å²) in [6.07, 6.45) is 0.855. The summed E-state index contributed by atoms with van der Waals surface area (Å²) < 4.78 is 35.0. The molecule has 176 valence electrons. The van der Waals surface area contributed by atoms with Gasteiger partial charge in [0, 0.05) is 22.3 Å². The Kier molecular flexibility index (Phi) is 4.95. The number of anilines is 1. The molecule has 0 saturated heterocycles. The lowest BCUT2D eigenvalue weighted by atomic mass is 9.84. The first kappa shape index (κ1) is 21.2. The minimum Gasteiger partial charge on any atom is -0.493 e. The Morgan fingerprint density at radius 3 is 2.63 bits per heavy atom. The molecular weight excluding hydrogens is 447 g/mol. The lowest BCUT2D eigenvalue weighted by Gasteiger charge is -2.39. The van der Waals surface area contributed by atoms with E-state index < -0.39 is 12.1 Å². The molecule has 0 bridgehead atoms. The van der Waals surface area contributed by atoms with Crippen molar-refractivity contribution in [3.8, 4) is 17.2 Å². The van der Waals surface area contributed by atoms with Crippen LogP contribution < -0.4 is 19.5 Å². The van der Waals surface area contributed by atoms with E-state index in [1.165, 1.54) is 12.4 Å². The van der Waals surface area contributed by atoms with E-state index in [4.69, 9.17) is 14.2 Å². The third kappa shape index (κ3) is 3.24. The highest BCUT2D eigenvalue weighted by Gasteiger charge is 2.43. The van der Waals surface area contributed by atoms with E-state index in [-0.39, 0.29) is 5.82 Å². The van der Waals surface area contributed by atoms with E-state index in [0.717, 1.165) is 28.0 Å². The van der Waals surface area contributed by atoms with Crippen LogP contribution in [-0.2, 0) is 0 Å². The van der Waals surface area contributed by atoms with E-state index in [9.17, 15) is 0 Å². The van der Waals surface area contributed by atoms with Gasteiger partial charge >= 0.3 is 0 Å². The largest absolute Gasteiger partial charge is 0.493 e. The molecular formula is C27H23FN4O3. The molecule has 2 atom stereocenters. The average Bonchev–Trinajstić information content (AvgIpc) is 3.35. The number of fused-ring (bicyclic) bond motifs is 3. The number of aromatic nitrogens is 3. The Bertz CT molecular complexity index is 1480. The zero-order valence-electron chi connectivity index (χ0n) is 19.4. The van der Waals surface area contributed by atoms with Crippen LogP contribution >= 0.6 is 0 Å². The Morgan fingerprint density at radius 1 is 1.00 bits per heavy atom. The fourth-order valence-corrected chi connectivity index (χ4v) is 4.96. The van der Waals surface area contributed by atoms with Gasteiger partial charge in [0.25, 0.3) is 0 Å². The number of hydrogen-bond acceptors (Lipinski definition) is 6. The second-order valence-electron chi connectivity index (χ2n) is 8.49. The Hall–Kier alpha value is -4.33. The Morgan fingerprint density at radius 2 is 1.83 bits per heavy atom. The molecule has 3 aromatic carbocycles. The van der Waals surface area contributed by atoms with Crippen LogP contribution in [-0.4, -0.2) is 29.0 Å². The van der Waals surface area contributed by atoms with Gasteiger partial charge in [-0.15, -0.1) is 0 Å². The summed E-state index contributed by atoms with van der Waals surface area (Å²) in [5.74, 6) is 2.04. The number of benzene rings is 3. The first-order valence-corrected chi connectivity index (χ1v) is 11.2. The molecule has 4 aromatic rings. The molecule has 7 nitrogen and oxygen atoms in total. The molecule has 1 aromatic heterocycles. The molecule has 0 saturated carbocycles. The quantitative estimate of drug-likeness (QED) is 0.436. The van der Waals surface area contributed by atoms with Crippen LogP contribution in [0.5, 0.6) is 17.2 Å². The molecule has 8 heteroatoms. The number of nitrogens with one attached hydrogen (secondary N) is 1. The first-order chi connectivity index (χ1) is 17.1. The fraction of sp³-hybridized carbons (Fsp3) is 0.185. The van der Waals surface area contributed by atoms with Gasteiger partial charge in [-0.2, -0.15) is 10.1 Å². The van der Waals surface area contributed by atoms with Gasteiger partial charge in [-0.1, -0.05) is 42.0 Å². The van der Waals surface area contributed by atoms with Crippen molar-refractivity contribution in [2.24, 2.45) is 0 Å². The third-order valence-corrected chi connectivity index (χ3v) is 6.49. The number of methoxy groups -OCH3 is 2. The molecule has 2 aliphatic rings. The SMILES string of the molecule is COc1cccc([C@@H]2Oc3ccc(C)cc3C3=C2[C@@H](c2ccccc2F)n2ncnc2N3)c1OC. The van der Waals surface area contributed by atoms with E-state index in [0.29, 0.717) is 28.8 Å². The maximum Gasteiger partial charge on any atom is 0.226 e. The second kappa shape index (κ2) is 8.16. The molecule has 6 rings (SSSR count). The van der Waals surface area contributed by atoms with Crippen molar-refractivity contribution in [3.63, 3.8) is 0 Å². The van der Waals surface area contributed by atoms with Gasteiger partial charge in [0.1, 0.15) is 23.9 Å². The standard InChI is InChI=1S/C27H23FN4O3/c1-15-11-12-20-18(13-15)23-22(26(35-20)17-8-6-10-21(33-2)25(17)34-3)24(16-7-4-5-9-19(16)28)32-27(31-23)29-14-30-32/h4-14,24,26H,1-3H3,(H,29,30,31)/t24-,26+/m1/s1. The molecule has 0 amide bonds. The number of aryl methyl sites for hydroxylation is 1. The summed E-state index contributed by atoms with van der Waals surface area (Å²) in [5.41, 5.74) is 4.81. The van der Waals surface area contributed by atoms with E-state index in [1.807, 2.05) is 43.3 Å². The molecule has 3 heterocycles. The molecule has 0 aliphatic carbocycles. The van der Waals surface area contributed by atoms with Crippen LogP contribution in [0.25, 0.3) is 5.70 Å². The van der Waals surface area contributed by atoms with Gasteiger partial charge in [-0.3, -0.25) is 0 Å². The summed E-state index contributed by atoms with van der Waals surface area (Å²) in [5, 5.41) is 7.90. The van der Waals surface area contributed by atoms with Gasteiger partial charge in [0.05, 0.1) is 19.9 Å². The minimum absolute atomic E-state index is 0.334. The topological polar surface area (TPSA) is 70.4 Å². The zero-order chi connectivity index (χ0) is 24.1. The van der Waals surface area contributed by atoms with Crippen LogP contribution in [0.3, 0.4) is 0 Å². The second-order valence-corrected chi connectivity index (χ2v) is 8.49. The summed E-state index contributed by atoms with van der Waals surface area (Å²) in [6.45, 7) is 2.03. The predicted octanol–water partition coefficient (Wildman–Crippen LogP) is 5.30. The molecule has 35 heavy (non-hydrogen) atoms. The predicted molar refractivity (Wildman–Crippen MR) is 129 cm³/mol. The van der Waals surface area contributed by atoms with Crippen molar-refractivity contribution in [1.29, 1.82) is 0 Å².